The van der Waals surface area contributed by atoms with Crippen molar-refractivity contribution in [3.05, 3.63) is 0 Å². The molecule has 0 rings (SSSR count). The second-order valence-electron chi connectivity index (χ2n) is 5.42. The topological polar surface area (TPSA) is 20.3 Å². The fraction of sp³-hybridized carbons (Fsp3) is 0.909. The second kappa shape index (κ2) is 3.69. The number of nitrogens with zero attached hydrogens (tertiary/aromatic N) is 1. The van der Waals surface area contributed by atoms with Gasteiger partial charge >= 0.3 is 0 Å². The van der Waals surface area contributed by atoms with Crippen molar-refractivity contribution in [3.8, 4) is 0 Å². The van der Waals surface area contributed by atoms with E-state index in [-0.39, 0.29) is 17.0 Å². The minimum absolute atomic E-state index is 0.0919. The van der Waals surface area contributed by atoms with Gasteiger partial charge in [-0.15, -0.1) is 0 Å². The maximum Gasteiger partial charge on any atom is 0.223 e. The molecule has 13 heavy (non-hydrogen) atoms. The largest absolute Gasteiger partial charge is 0.333 e. The van der Waals surface area contributed by atoms with E-state index in [1.807, 2.05) is 11.8 Å². The molecule has 0 aliphatic heterocycles. The Kier molecular flexibility index (Phi) is 3.54. The Morgan fingerprint density at radius 2 is 1.31 bits per heavy atom. The van der Waals surface area contributed by atoms with Crippen LogP contribution in [0, 0.1) is 0 Å². The van der Waals surface area contributed by atoms with Crippen molar-refractivity contribution in [3.63, 3.8) is 0 Å². The van der Waals surface area contributed by atoms with Gasteiger partial charge in [-0.05, 0) is 41.5 Å². The molecule has 0 saturated carbocycles. The molecule has 1 amide bonds. The van der Waals surface area contributed by atoms with Crippen molar-refractivity contribution in [2.45, 2.75) is 66.0 Å². The lowest BCUT2D eigenvalue weighted by molar-refractivity contribution is -0.142. The van der Waals surface area contributed by atoms with Crippen molar-refractivity contribution in [1.29, 1.82) is 0 Å². The van der Waals surface area contributed by atoms with Crippen LogP contribution in [0.4, 0.5) is 0 Å². The molecule has 0 atom stereocenters. The van der Waals surface area contributed by atoms with Crippen LogP contribution in [0.1, 0.15) is 54.9 Å². The van der Waals surface area contributed by atoms with Gasteiger partial charge in [0.2, 0.25) is 5.91 Å². The zero-order valence-electron chi connectivity index (χ0n) is 10.1. The fourth-order valence-electron chi connectivity index (χ4n) is 1.91. The van der Waals surface area contributed by atoms with Crippen molar-refractivity contribution in [2.75, 3.05) is 0 Å². The number of carbonyl (C=O) groups is 1. The third-order valence-electron chi connectivity index (χ3n) is 1.89. The highest BCUT2D eigenvalue weighted by Crippen LogP contribution is 2.25. The van der Waals surface area contributed by atoms with Crippen LogP contribution in [-0.4, -0.2) is 21.9 Å². The first kappa shape index (κ1) is 12.5. The Morgan fingerprint density at radius 3 is 1.38 bits per heavy atom. The first-order valence-corrected chi connectivity index (χ1v) is 4.94. The number of rotatable bonds is 1. The molecular formula is C11H23NO. The van der Waals surface area contributed by atoms with E-state index in [2.05, 4.69) is 41.5 Å². The number of hydrogen-bond acceptors (Lipinski definition) is 1. The van der Waals surface area contributed by atoms with Crippen LogP contribution >= 0.6 is 0 Å². The quantitative estimate of drug-likeness (QED) is 0.615. The first-order chi connectivity index (χ1) is 5.60. The summed E-state index contributed by atoms with van der Waals surface area (Å²) in [6.45, 7) is 14.4. The molecule has 0 N–H and O–H groups in total. The van der Waals surface area contributed by atoms with Gasteiger partial charge in [0.1, 0.15) is 0 Å². The van der Waals surface area contributed by atoms with Crippen LogP contribution in [0.3, 0.4) is 0 Å². The van der Waals surface area contributed by atoms with Gasteiger partial charge in [-0.2, -0.15) is 0 Å². The third-order valence-corrected chi connectivity index (χ3v) is 1.89. The molecule has 0 radical (unpaired) electrons. The standard InChI is InChI=1S/C11H23NO/c1-8-9(13)12(10(2,3)4)11(5,6)7/h8H2,1-7H3. The van der Waals surface area contributed by atoms with Crippen molar-refractivity contribution >= 4 is 5.91 Å². The van der Waals surface area contributed by atoms with E-state index >= 15 is 0 Å². The van der Waals surface area contributed by atoms with Crippen molar-refractivity contribution in [1.82, 2.24) is 4.90 Å². The van der Waals surface area contributed by atoms with Crippen molar-refractivity contribution in [2.24, 2.45) is 0 Å². The monoisotopic (exact) mass is 185 g/mol. The smallest absolute Gasteiger partial charge is 0.223 e. The maximum atomic E-state index is 11.7. The van der Waals surface area contributed by atoms with Crippen LogP contribution in [0.2, 0.25) is 0 Å². The summed E-state index contributed by atoms with van der Waals surface area (Å²) in [5, 5.41) is 0. The number of carbonyl (C=O) groups excluding carboxylic acids is 1. The SMILES string of the molecule is CCC(=O)N(C(C)(C)C)C(C)(C)C. The molecule has 0 aromatic rings. The van der Waals surface area contributed by atoms with Gasteiger partial charge in [0.15, 0.2) is 0 Å². The minimum atomic E-state index is -0.0919. The summed E-state index contributed by atoms with van der Waals surface area (Å²) in [7, 11) is 0. The lowest BCUT2D eigenvalue weighted by atomic mass is 9.95. The molecule has 0 heterocycles. The van der Waals surface area contributed by atoms with E-state index in [1.165, 1.54) is 0 Å². The van der Waals surface area contributed by atoms with E-state index in [9.17, 15) is 4.79 Å². The van der Waals surface area contributed by atoms with Gasteiger partial charge in [-0.25, -0.2) is 0 Å². The van der Waals surface area contributed by atoms with Gasteiger partial charge in [0, 0.05) is 17.5 Å². The molecule has 0 unspecified atom stereocenters. The molecular weight excluding hydrogens is 162 g/mol. The second-order valence-corrected chi connectivity index (χ2v) is 5.42. The normalized spacial score (nSPS) is 12.8. The molecule has 0 aliphatic carbocycles. The summed E-state index contributed by atoms with van der Waals surface area (Å²) >= 11 is 0. The van der Waals surface area contributed by atoms with Crippen LogP contribution in [-0.2, 0) is 4.79 Å². The third kappa shape index (κ3) is 3.37. The average molecular weight is 185 g/mol. The molecule has 78 valence electrons. The highest BCUT2D eigenvalue weighted by Gasteiger charge is 2.34. The Hall–Kier alpha value is -0.530. The van der Waals surface area contributed by atoms with E-state index in [0.29, 0.717) is 6.42 Å². The van der Waals surface area contributed by atoms with Gasteiger partial charge < -0.3 is 4.90 Å². The summed E-state index contributed by atoms with van der Waals surface area (Å²) in [6, 6.07) is 0. The molecule has 0 aromatic carbocycles. The highest BCUT2D eigenvalue weighted by atomic mass is 16.2. The fourth-order valence-corrected chi connectivity index (χ4v) is 1.91. The Morgan fingerprint density at radius 1 is 1.00 bits per heavy atom. The van der Waals surface area contributed by atoms with Crippen LogP contribution in [0.25, 0.3) is 0 Å². The molecule has 0 fully saturated rings. The van der Waals surface area contributed by atoms with Gasteiger partial charge in [-0.1, -0.05) is 6.92 Å². The zero-order valence-corrected chi connectivity index (χ0v) is 10.1. The molecule has 2 heteroatoms. The van der Waals surface area contributed by atoms with E-state index in [1.54, 1.807) is 0 Å². The summed E-state index contributed by atoms with van der Waals surface area (Å²) in [4.78, 5) is 13.7. The molecule has 0 aliphatic rings. The van der Waals surface area contributed by atoms with Gasteiger partial charge in [0.05, 0.1) is 0 Å². The van der Waals surface area contributed by atoms with E-state index in [0.717, 1.165) is 0 Å². The molecule has 2 nitrogen and oxygen atoms in total. The maximum absolute atomic E-state index is 11.7. The highest BCUT2D eigenvalue weighted by molar-refractivity contribution is 5.77. The van der Waals surface area contributed by atoms with Gasteiger partial charge in [-0.3, -0.25) is 4.79 Å². The summed E-state index contributed by atoms with van der Waals surface area (Å²) in [5.41, 5.74) is -0.184. The van der Waals surface area contributed by atoms with Gasteiger partial charge in [0.25, 0.3) is 0 Å². The Balaban J connectivity index is 4.89. The lowest BCUT2D eigenvalue weighted by Gasteiger charge is -2.45. The van der Waals surface area contributed by atoms with E-state index < -0.39 is 0 Å². The van der Waals surface area contributed by atoms with Crippen molar-refractivity contribution < 1.29 is 4.79 Å². The van der Waals surface area contributed by atoms with Crippen LogP contribution in [0.5, 0.6) is 0 Å². The molecule has 0 spiro atoms. The van der Waals surface area contributed by atoms with Crippen LogP contribution in [0.15, 0.2) is 0 Å². The Labute approximate surface area is 82.3 Å². The lowest BCUT2D eigenvalue weighted by Crippen LogP contribution is -2.55. The minimum Gasteiger partial charge on any atom is -0.333 e. The first-order valence-electron chi connectivity index (χ1n) is 4.94. The molecule has 0 saturated heterocycles. The Bertz CT molecular complexity index is 169. The predicted octanol–water partition coefficient (Wildman–Crippen LogP) is 2.82. The van der Waals surface area contributed by atoms with Crippen LogP contribution < -0.4 is 0 Å². The molecule has 0 bridgehead atoms. The summed E-state index contributed by atoms with van der Waals surface area (Å²) < 4.78 is 0. The number of hydrogen-bond donors (Lipinski definition) is 0. The summed E-state index contributed by atoms with van der Waals surface area (Å²) in [5.74, 6) is 0.222. The number of amides is 1. The predicted molar refractivity (Wildman–Crippen MR) is 56.6 cm³/mol. The van der Waals surface area contributed by atoms with E-state index in [4.69, 9.17) is 0 Å². The molecule has 0 aromatic heterocycles. The zero-order chi connectivity index (χ0) is 10.9. The average Bonchev–Trinajstić information content (AvgIpc) is 1.80. The summed E-state index contributed by atoms with van der Waals surface area (Å²) in [6.07, 6.45) is 0.578.